The third-order valence-corrected chi connectivity index (χ3v) is 2.68. The highest BCUT2D eigenvalue weighted by atomic mass is 16.2. The Bertz CT molecular complexity index is 412. The van der Waals surface area contributed by atoms with E-state index in [4.69, 9.17) is 5.73 Å². The number of ketones is 1. The topological polar surface area (TPSA) is 72.2 Å². The van der Waals surface area contributed by atoms with Crippen molar-refractivity contribution < 1.29 is 9.59 Å². The van der Waals surface area contributed by atoms with E-state index in [1.54, 1.807) is 24.3 Å². The van der Waals surface area contributed by atoms with Crippen LogP contribution in [0.25, 0.3) is 0 Å². The van der Waals surface area contributed by atoms with Gasteiger partial charge in [0.1, 0.15) is 0 Å². The highest BCUT2D eigenvalue weighted by Gasteiger charge is 2.14. The number of carbonyl (C=O) groups excluding carboxylic acids is 2. The number of nitrogens with two attached hydrogens (primary N) is 1. The minimum absolute atomic E-state index is 0.0213. The molecule has 0 heterocycles. The van der Waals surface area contributed by atoms with Crippen molar-refractivity contribution in [1.29, 1.82) is 0 Å². The van der Waals surface area contributed by atoms with Gasteiger partial charge in [-0.25, -0.2) is 0 Å². The first-order chi connectivity index (χ1) is 8.08. The second-order valence-electron chi connectivity index (χ2n) is 3.97. The summed E-state index contributed by atoms with van der Waals surface area (Å²) >= 11 is 0. The predicted molar refractivity (Wildman–Crippen MR) is 67.9 cm³/mol. The van der Waals surface area contributed by atoms with Crippen LogP contribution in [0.15, 0.2) is 24.3 Å². The van der Waals surface area contributed by atoms with Crippen LogP contribution in [0.3, 0.4) is 0 Å². The Morgan fingerprint density at radius 2 is 2.12 bits per heavy atom. The third kappa shape index (κ3) is 3.67. The summed E-state index contributed by atoms with van der Waals surface area (Å²) in [5.74, 6) is -0.307. The number of benzene rings is 1. The molecule has 0 bridgehead atoms. The van der Waals surface area contributed by atoms with Gasteiger partial charge in [0.15, 0.2) is 5.78 Å². The molecule has 1 unspecified atom stereocenters. The van der Waals surface area contributed by atoms with Crippen molar-refractivity contribution in [2.75, 3.05) is 11.9 Å². The number of anilines is 1. The number of amides is 1. The SMILES string of the molecule is CCC(CN)C(=O)Nc1cccc(C(C)=O)c1. The lowest BCUT2D eigenvalue weighted by Gasteiger charge is -2.12. The molecule has 0 saturated heterocycles. The van der Waals surface area contributed by atoms with Crippen molar-refractivity contribution in [2.24, 2.45) is 11.7 Å². The Labute approximate surface area is 101 Å². The molecule has 0 aliphatic carbocycles. The standard InChI is InChI=1S/C13H18N2O2/c1-3-10(8-14)13(17)15-12-6-4-5-11(7-12)9(2)16/h4-7,10H,3,8,14H2,1-2H3,(H,15,17). The lowest BCUT2D eigenvalue weighted by molar-refractivity contribution is -0.119. The van der Waals surface area contributed by atoms with Gasteiger partial charge in [-0.1, -0.05) is 19.1 Å². The van der Waals surface area contributed by atoms with Crippen LogP contribution in [0.5, 0.6) is 0 Å². The van der Waals surface area contributed by atoms with E-state index in [-0.39, 0.29) is 17.6 Å². The van der Waals surface area contributed by atoms with Crippen LogP contribution in [0.4, 0.5) is 5.69 Å². The molecule has 1 rings (SSSR count). The fourth-order valence-corrected chi connectivity index (χ4v) is 1.52. The van der Waals surface area contributed by atoms with Gasteiger partial charge in [0.05, 0.1) is 5.92 Å². The number of Topliss-reactive ketones (excluding diaryl/α,β-unsaturated/α-hetero) is 1. The predicted octanol–water partition coefficient (Wildman–Crippen LogP) is 1.81. The van der Waals surface area contributed by atoms with Crippen molar-refractivity contribution >= 4 is 17.4 Å². The number of carbonyl (C=O) groups is 2. The van der Waals surface area contributed by atoms with Crippen LogP contribution < -0.4 is 11.1 Å². The van der Waals surface area contributed by atoms with Gasteiger partial charge in [-0.3, -0.25) is 9.59 Å². The average molecular weight is 234 g/mol. The molecule has 0 saturated carbocycles. The van der Waals surface area contributed by atoms with E-state index in [1.165, 1.54) is 6.92 Å². The van der Waals surface area contributed by atoms with Gasteiger partial charge in [-0.2, -0.15) is 0 Å². The molecule has 0 spiro atoms. The van der Waals surface area contributed by atoms with Crippen molar-refractivity contribution in [3.8, 4) is 0 Å². The molecular weight excluding hydrogens is 216 g/mol. The monoisotopic (exact) mass is 234 g/mol. The van der Waals surface area contributed by atoms with Gasteiger partial charge in [-0.15, -0.1) is 0 Å². The third-order valence-electron chi connectivity index (χ3n) is 2.68. The first-order valence-electron chi connectivity index (χ1n) is 5.70. The molecule has 0 aliphatic rings. The molecule has 17 heavy (non-hydrogen) atoms. The summed E-state index contributed by atoms with van der Waals surface area (Å²) in [6.07, 6.45) is 0.703. The molecule has 1 amide bonds. The highest BCUT2D eigenvalue weighted by molar-refractivity contribution is 5.97. The van der Waals surface area contributed by atoms with Crippen molar-refractivity contribution in [1.82, 2.24) is 0 Å². The molecule has 4 heteroatoms. The molecule has 0 fully saturated rings. The zero-order valence-corrected chi connectivity index (χ0v) is 10.2. The Kier molecular flexibility index (Phi) is 4.84. The second kappa shape index (κ2) is 6.15. The molecule has 1 aromatic rings. The molecular formula is C13H18N2O2. The van der Waals surface area contributed by atoms with Gasteiger partial charge < -0.3 is 11.1 Å². The Hall–Kier alpha value is -1.68. The summed E-state index contributed by atoms with van der Waals surface area (Å²) in [7, 11) is 0. The molecule has 4 nitrogen and oxygen atoms in total. The van der Waals surface area contributed by atoms with Crippen LogP contribution in [0.2, 0.25) is 0 Å². The molecule has 92 valence electrons. The zero-order chi connectivity index (χ0) is 12.8. The fraction of sp³-hybridized carbons (Fsp3) is 0.385. The largest absolute Gasteiger partial charge is 0.330 e. The van der Waals surface area contributed by atoms with Crippen LogP contribution in [-0.4, -0.2) is 18.2 Å². The zero-order valence-electron chi connectivity index (χ0n) is 10.2. The second-order valence-corrected chi connectivity index (χ2v) is 3.97. The maximum absolute atomic E-state index is 11.8. The maximum atomic E-state index is 11.8. The van der Waals surface area contributed by atoms with Gasteiger partial charge in [0.2, 0.25) is 5.91 Å². The highest BCUT2D eigenvalue weighted by Crippen LogP contribution is 2.13. The van der Waals surface area contributed by atoms with Gasteiger partial charge in [-0.05, 0) is 25.5 Å². The fourth-order valence-electron chi connectivity index (χ4n) is 1.52. The van der Waals surface area contributed by atoms with E-state index < -0.39 is 0 Å². The van der Waals surface area contributed by atoms with Gasteiger partial charge in [0.25, 0.3) is 0 Å². The number of hydrogen-bond acceptors (Lipinski definition) is 3. The van der Waals surface area contributed by atoms with Gasteiger partial charge >= 0.3 is 0 Å². The van der Waals surface area contributed by atoms with E-state index in [1.807, 2.05) is 6.92 Å². The average Bonchev–Trinajstić information content (AvgIpc) is 2.30. The minimum Gasteiger partial charge on any atom is -0.330 e. The summed E-state index contributed by atoms with van der Waals surface area (Å²) in [4.78, 5) is 23.0. The maximum Gasteiger partial charge on any atom is 0.228 e. The van der Waals surface area contributed by atoms with Crippen molar-refractivity contribution in [3.63, 3.8) is 0 Å². The Morgan fingerprint density at radius 3 is 2.65 bits per heavy atom. The molecule has 1 aromatic carbocycles. The molecule has 1 atom stereocenters. The minimum atomic E-state index is -0.184. The van der Waals surface area contributed by atoms with E-state index >= 15 is 0 Å². The summed E-state index contributed by atoms with van der Waals surface area (Å²) in [5, 5.41) is 2.77. The van der Waals surface area contributed by atoms with E-state index in [9.17, 15) is 9.59 Å². The van der Waals surface area contributed by atoms with Gasteiger partial charge in [0, 0.05) is 17.8 Å². The molecule has 0 radical (unpaired) electrons. The lowest BCUT2D eigenvalue weighted by Crippen LogP contribution is -2.28. The quantitative estimate of drug-likeness (QED) is 0.763. The number of rotatable bonds is 5. The van der Waals surface area contributed by atoms with Crippen LogP contribution in [0, 0.1) is 5.92 Å². The number of nitrogens with one attached hydrogen (secondary N) is 1. The smallest absolute Gasteiger partial charge is 0.228 e. The van der Waals surface area contributed by atoms with Crippen molar-refractivity contribution in [3.05, 3.63) is 29.8 Å². The Balaban J connectivity index is 2.78. The van der Waals surface area contributed by atoms with E-state index in [2.05, 4.69) is 5.32 Å². The van der Waals surface area contributed by atoms with E-state index in [0.29, 0.717) is 24.2 Å². The molecule has 0 aliphatic heterocycles. The normalized spacial score (nSPS) is 11.9. The summed E-state index contributed by atoms with van der Waals surface area (Å²) in [6.45, 7) is 3.74. The van der Waals surface area contributed by atoms with E-state index in [0.717, 1.165) is 0 Å². The summed E-state index contributed by atoms with van der Waals surface area (Å²) < 4.78 is 0. The molecule has 0 aromatic heterocycles. The first kappa shape index (κ1) is 13.4. The molecule has 3 N–H and O–H groups in total. The van der Waals surface area contributed by atoms with Crippen LogP contribution >= 0.6 is 0 Å². The Morgan fingerprint density at radius 1 is 1.41 bits per heavy atom. The van der Waals surface area contributed by atoms with Crippen LogP contribution in [-0.2, 0) is 4.79 Å². The van der Waals surface area contributed by atoms with Crippen LogP contribution in [0.1, 0.15) is 30.6 Å². The van der Waals surface area contributed by atoms with Crippen molar-refractivity contribution in [2.45, 2.75) is 20.3 Å². The lowest BCUT2D eigenvalue weighted by atomic mass is 10.1. The summed E-state index contributed by atoms with van der Waals surface area (Å²) in [6, 6.07) is 6.89. The number of hydrogen-bond donors (Lipinski definition) is 2. The first-order valence-corrected chi connectivity index (χ1v) is 5.70. The summed E-state index contributed by atoms with van der Waals surface area (Å²) in [5.41, 5.74) is 6.72.